The van der Waals surface area contributed by atoms with Crippen molar-refractivity contribution < 1.29 is 49.4 Å². The van der Waals surface area contributed by atoms with Crippen LogP contribution in [0, 0.1) is 13.8 Å². The normalized spacial score (nSPS) is 28.6. The number of carbonyl (C=O) groups is 4. The van der Waals surface area contributed by atoms with E-state index in [1.165, 1.54) is 19.1 Å². The van der Waals surface area contributed by atoms with E-state index >= 15 is 0 Å². The summed E-state index contributed by atoms with van der Waals surface area (Å²) in [4.78, 5) is 54.8. The zero-order valence-electron chi connectivity index (χ0n) is 29.8. The fourth-order valence-electron chi connectivity index (χ4n) is 7.27. The summed E-state index contributed by atoms with van der Waals surface area (Å²) >= 11 is 0. The second-order valence-electron chi connectivity index (χ2n) is 15.1. The van der Waals surface area contributed by atoms with Crippen LogP contribution < -0.4 is 21.3 Å². The molecule has 0 aromatic heterocycles. The Kier molecular flexibility index (Phi) is 12.1. The Morgan fingerprint density at radius 3 is 2.38 bits per heavy atom. The van der Waals surface area contributed by atoms with E-state index in [2.05, 4.69) is 26.2 Å². The molecule has 16 heteroatoms. The third-order valence-electron chi connectivity index (χ3n) is 9.95. The number of ether oxygens (including phenoxy) is 1. The minimum atomic E-state index is -2.00. The molecule has 3 heterocycles. The van der Waals surface area contributed by atoms with Gasteiger partial charge in [-0.25, -0.2) is 9.59 Å². The molecule has 0 radical (unpaired) electrons. The molecule has 0 aliphatic carbocycles. The van der Waals surface area contributed by atoms with E-state index in [0.717, 1.165) is 0 Å². The SMILES string of the molecule is CC(=O)N[C@H]1[C@H]([C@H](O)[C@H](O)CNC(=O)c2cc(C)c(O)c(C)c2)O[C@@](CCN2CCNC[C@]23CCN(C(=O)NC(C)(C)C)C3)(C(=O)O)C[C@@H]1O. The third-order valence-corrected chi connectivity index (χ3v) is 9.95. The maximum atomic E-state index is 13.0. The van der Waals surface area contributed by atoms with E-state index in [9.17, 15) is 44.7 Å². The van der Waals surface area contributed by atoms with Crippen molar-refractivity contribution in [1.29, 1.82) is 0 Å². The van der Waals surface area contributed by atoms with E-state index < -0.39 is 77.9 Å². The Balaban J connectivity index is 1.50. The van der Waals surface area contributed by atoms with Crippen molar-refractivity contribution in [2.45, 2.75) is 108 Å². The van der Waals surface area contributed by atoms with Crippen LogP contribution in [0.2, 0.25) is 0 Å². The highest BCUT2D eigenvalue weighted by Gasteiger charge is 2.55. The molecule has 4 amide bonds. The van der Waals surface area contributed by atoms with Crippen molar-refractivity contribution >= 4 is 23.8 Å². The predicted octanol–water partition coefficient (Wildman–Crippen LogP) is -0.814. The number of phenols is 1. The van der Waals surface area contributed by atoms with Gasteiger partial charge in [-0.05, 0) is 64.3 Å². The molecule has 3 fully saturated rings. The molecule has 1 aromatic rings. The van der Waals surface area contributed by atoms with Gasteiger partial charge in [0, 0.05) is 76.7 Å². The molecule has 0 bridgehead atoms. The van der Waals surface area contributed by atoms with Gasteiger partial charge in [-0.1, -0.05) is 0 Å². The van der Waals surface area contributed by atoms with Crippen molar-refractivity contribution in [3.05, 3.63) is 28.8 Å². The van der Waals surface area contributed by atoms with Crippen LogP contribution in [0.4, 0.5) is 4.79 Å². The van der Waals surface area contributed by atoms with Crippen LogP contribution in [0.15, 0.2) is 12.1 Å². The number of carboxylic acids is 1. The first-order valence-electron chi connectivity index (χ1n) is 17.1. The minimum absolute atomic E-state index is 0.0526. The number of nitrogens with zero attached hydrogens (tertiary/aromatic N) is 2. The number of aliphatic carboxylic acids is 1. The van der Waals surface area contributed by atoms with E-state index in [0.29, 0.717) is 50.3 Å². The summed E-state index contributed by atoms with van der Waals surface area (Å²) in [7, 11) is 0. The van der Waals surface area contributed by atoms with E-state index in [-0.39, 0.29) is 30.3 Å². The van der Waals surface area contributed by atoms with Crippen LogP contribution in [0.25, 0.3) is 0 Å². The Labute approximate surface area is 292 Å². The number of piperazine rings is 1. The first kappa shape index (κ1) is 39.2. The molecular formula is C34H54N6O10. The zero-order valence-corrected chi connectivity index (χ0v) is 29.8. The fraction of sp³-hybridized carbons (Fsp3) is 0.706. The first-order chi connectivity index (χ1) is 23.3. The van der Waals surface area contributed by atoms with Crippen LogP contribution in [0.3, 0.4) is 0 Å². The van der Waals surface area contributed by atoms with Gasteiger partial charge in [0.1, 0.15) is 18.0 Å². The highest BCUT2D eigenvalue weighted by atomic mass is 16.6. The second kappa shape index (κ2) is 15.4. The first-order valence-corrected chi connectivity index (χ1v) is 17.1. The summed E-state index contributed by atoms with van der Waals surface area (Å²) < 4.78 is 6.15. The maximum Gasteiger partial charge on any atom is 0.336 e. The van der Waals surface area contributed by atoms with Crippen LogP contribution in [-0.2, 0) is 14.3 Å². The number of carboxylic acid groups (broad SMARTS) is 1. The standard InChI is InChI=1S/C34H54N6O10/c1-19-13-22(14-20(2)26(19)44)29(46)36-16-24(43)27(45)28-25(37-21(3)41)23(42)15-34(50-28,30(47)48)8-11-40-12-9-35-17-33(40)7-10-39(18-33)31(49)38-32(4,5)6/h13-14,23-25,27-28,35,42-45H,7-12,15-18H2,1-6H3,(H,36,46)(H,37,41)(H,38,49)(H,47,48)/t23-,24+,25+,27+,28+,33-,34+/m0/s1. The lowest BCUT2D eigenvalue weighted by Crippen LogP contribution is -2.68. The molecule has 1 aromatic carbocycles. The maximum absolute atomic E-state index is 13.0. The monoisotopic (exact) mass is 706 g/mol. The number of hydrogen-bond donors (Lipinski definition) is 9. The summed E-state index contributed by atoms with van der Waals surface area (Å²) in [5.41, 5.74) is -1.70. The highest BCUT2D eigenvalue weighted by molar-refractivity contribution is 5.95. The van der Waals surface area contributed by atoms with Crippen molar-refractivity contribution in [3.8, 4) is 5.75 Å². The molecule has 9 N–H and O–H groups in total. The van der Waals surface area contributed by atoms with Crippen molar-refractivity contribution in [2.75, 3.05) is 45.8 Å². The molecule has 1 spiro atoms. The van der Waals surface area contributed by atoms with E-state index in [1.807, 2.05) is 20.8 Å². The van der Waals surface area contributed by atoms with Crippen molar-refractivity contribution in [1.82, 2.24) is 31.1 Å². The summed E-state index contributed by atoms with van der Waals surface area (Å²) in [5.74, 6) is -2.48. The number of carbonyl (C=O) groups excluding carboxylic acids is 3. The van der Waals surface area contributed by atoms with Crippen LogP contribution >= 0.6 is 0 Å². The Morgan fingerprint density at radius 1 is 1.12 bits per heavy atom. The minimum Gasteiger partial charge on any atom is -0.507 e. The third kappa shape index (κ3) is 8.84. The largest absolute Gasteiger partial charge is 0.507 e. The summed E-state index contributed by atoms with van der Waals surface area (Å²) in [6.07, 6.45) is -6.39. The Morgan fingerprint density at radius 2 is 1.78 bits per heavy atom. The summed E-state index contributed by atoms with van der Waals surface area (Å²) in [6, 6.07) is 1.51. The lowest BCUT2D eigenvalue weighted by Gasteiger charge is -2.49. The number of urea groups is 1. The Bertz CT molecular complexity index is 1410. The lowest BCUT2D eigenvalue weighted by atomic mass is 9.81. The number of amides is 4. The van der Waals surface area contributed by atoms with Gasteiger partial charge < -0.3 is 56.4 Å². The van der Waals surface area contributed by atoms with Gasteiger partial charge in [0.2, 0.25) is 5.91 Å². The van der Waals surface area contributed by atoms with Crippen molar-refractivity contribution in [3.63, 3.8) is 0 Å². The summed E-state index contributed by atoms with van der Waals surface area (Å²) in [5, 5.41) is 65.6. The topological polar surface area (TPSA) is 233 Å². The number of benzene rings is 1. The van der Waals surface area contributed by atoms with Crippen molar-refractivity contribution in [2.24, 2.45) is 0 Å². The lowest BCUT2D eigenvalue weighted by molar-refractivity contribution is -0.230. The van der Waals surface area contributed by atoms with Gasteiger partial charge >= 0.3 is 12.0 Å². The Hall–Kier alpha value is -3.54. The molecular weight excluding hydrogens is 652 g/mol. The molecule has 3 saturated heterocycles. The van der Waals surface area contributed by atoms with Gasteiger partial charge in [0.05, 0.1) is 23.8 Å². The molecule has 3 aliphatic heterocycles. The molecule has 16 nitrogen and oxygen atoms in total. The van der Waals surface area contributed by atoms with E-state index in [1.54, 1.807) is 18.7 Å². The molecule has 0 unspecified atom stereocenters. The van der Waals surface area contributed by atoms with Gasteiger partial charge in [-0.15, -0.1) is 0 Å². The molecule has 280 valence electrons. The van der Waals surface area contributed by atoms with Gasteiger partial charge in [-0.2, -0.15) is 0 Å². The number of aliphatic hydroxyl groups excluding tert-OH is 3. The number of rotatable bonds is 10. The molecule has 0 saturated carbocycles. The number of aryl methyl sites for hydroxylation is 2. The molecule has 7 atom stereocenters. The molecule has 4 rings (SSSR count). The average Bonchev–Trinajstić information content (AvgIpc) is 3.45. The highest BCUT2D eigenvalue weighted by Crippen LogP contribution is 2.37. The van der Waals surface area contributed by atoms with Crippen LogP contribution in [0.1, 0.15) is 68.4 Å². The number of aliphatic hydroxyl groups is 3. The summed E-state index contributed by atoms with van der Waals surface area (Å²) in [6.45, 7) is 12.7. The second-order valence-corrected chi connectivity index (χ2v) is 15.1. The number of phenolic OH excluding ortho intramolecular Hbond substituents is 1. The van der Waals surface area contributed by atoms with Crippen LogP contribution in [0.5, 0.6) is 5.75 Å². The fourth-order valence-corrected chi connectivity index (χ4v) is 7.27. The van der Waals surface area contributed by atoms with Gasteiger partial charge in [-0.3, -0.25) is 14.5 Å². The number of hydrogen-bond acceptors (Lipinski definition) is 11. The quantitative estimate of drug-likeness (QED) is 0.145. The average molecular weight is 707 g/mol. The van der Waals surface area contributed by atoms with Gasteiger partial charge in [0.15, 0.2) is 5.60 Å². The molecule has 3 aliphatic rings. The number of aromatic hydroxyl groups is 1. The van der Waals surface area contributed by atoms with E-state index in [4.69, 9.17) is 4.74 Å². The number of nitrogens with one attached hydrogen (secondary N) is 4. The zero-order chi connectivity index (χ0) is 37.2. The predicted molar refractivity (Wildman–Crippen MR) is 182 cm³/mol. The molecule has 50 heavy (non-hydrogen) atoms. The van der Waals surface area contributed by atoms with Crippen LogP contribution in [-0.4, -0.2) is 152 Å². The number of likely N-dealkylation sites (tertiary alicyclic amines) is 1. The smallest absolute Gasteiger partial charge is 0.336 e. The van der Waals surface area contributed by atoms with Gasteiger partial charge in [0.25, 0.3) is 5.91 Å².